The zero-order chi connectivity index (χ0) is 11.4. The fraction of sp³-hybridized carbons (Fsp3) is 0.154. The molecular formula is C13H10FNO. The predicted molar refractivity (Wildman–Crippen MR) is 60.1 cm³/mol. The fourth-order valence-corrected chi connectivity index (χ4v) is 1.64. The van der Waals surface area contributed by atoms with E-state index in [2.05, 4.69) is 6.07 Å². The number of rotatable bonds is 3. The first-order chi connectivity index (χ1) is 7.86. The van der Waals surface area contributed by atoms with Crippen molar-refractivity contribution in [2.75, 3.05) is 13.3 Å². The summed E-state index contributed by atoms with van der Waals surface area (Å²) in [4.78, 5) is 0. The minimum absolute atomic E-state index is 0.0376. The van der Waals surface area contributed by atoms with E-state index in [-0.39, 0.29) is 6.61 Å². The minimum atomic E-state index is -0.520. The van der Waals surface area contributed by atoms with Crippen molar-refractivity contribution in [1.29, 1.82) is 5.26 Å². The Labute approximate surface area is 92.9 Å². The highest BCUT2D eigenvalue weighted by atomic mass is 19.1. The Kier molecular flexibility index (Phi) is 3.02. The smallest absolute Gasteiger partial charge is 0.127 e. The van der Waals surface area contributed by atoms with Crippen molar-refractivity contribution in [2.45, 2.75) is 0 Å². The van der Waals surface area contributed by atoms with Crippen LogP contribution in [0.1, 0.15) is 5.56 Å². The topological polar surface area (TPSA) is 33.0 Å². The van der Waals surface area contributed by atoms with E-state index in [9.17, 15) is 4.39 Å². The Morgan fingerprint density at radius 1 is 1.12 bits per heavy atom. The van der Waals surface area contributed by atoms with Gasteiger partial charge >= 0.3 is 0 Å². The molecule has 0 aromatic heterocycles. The molecule has 3 heteroatoms. The number of benzene rings is 2. The third-order valence-corrected chi connectivity index (χ3v) is 2.34. The van der Waals surface area contributed by atoms with Crippen molar-refractivity contribution in [3.63, 3.8) is 0 Å². The quantitative estimate of drug-likeness (QED) is 0.788. The Hall–Kier alpha value is -2.08. The van der Waals surface area contributed by atoms with Crippen molar-refractivity contribution < 1.29 is 9.13 Å². The standard InChI is InChI=1S/C13H10FNO/c14-7-8-16-13-6-5-10(9-15)11-3-1-2-4-12(11)13/h1-6H,7-8H2. The van der Waals surface area contributed by atoms with E-state index in [0.29, 0.717) is 11.3 Å². The molecule has 2 rings (SSSR count). The van der Waals surface area contributed by atoms with Gasteiger partial charge in [0, 0.05) is 10.8 Å². The number of hydrogen-bond donors (Lipinski definition) is 0. The SMILES string of the molecule is N#Cc1ccc(OCCF)c2ccccc12. The normalized spacial score (nSPS) is 10.0. The highest BCUT2D eigenvalue weighted by Gasteiger charge is 2.05. The van der Waals surface area contributed by atoms with Crippen LogP contribution in [0, 0.1) is 11.3 Å². The fourth-order valence-electron chi connectivity index (χ4n) is 1.64. The van der Waals surface area contributed by atoms with E-state index in [1.807, 2.05) is 24.3 Å². The monoisotopic (exact) mass is 215 g/mol. The molecule has 0 aliphatic heterocycles. The lowest BCUT2D eigenvalue weighted by atomic mass is 10.0. The molecule has 0 aliphatic rings. The van der Waals surface area contributed by atoms with Gasteiger partial charge in [-0.2, -0.15) is 5.26 Å². The van der Waals surface area contributed by atoms with Crippen LogP contribution in [-0.4, -0.2) is 13.3 Å². The molecule has 0 aliphatic carbocycles. The molecule has 2 nitrogen and oxygen atoms in total. The summed E-state index contributed by atoms with van der Waals surface area (Å²) in [7, 11) is 0. The molecule has 0 radical (unpaired) electrons. The largest absolute Gasteiger partial charge is 0.490 e. The molecule has 80 valence electrons. The highest BCUT2D eigenvalue weighted by molar-refractivity contribution is 5.92. The van der Waals surface area contributed by atoms with Crippen LogP contribution in [0.25, 0.3) is 10.8 Å². The molecule has 0 amide bonds. The first-order valence-electron chi connectivity index (χ1n) is 4.97. The molecule has 0 fully saturated rings. The van der Waals surface area contributed by atoms with Crippen LogP contribution in [0.4, 0.5) is 4.39 Å². The summed E-state index contributed by atoms with van der Waals surface area (Å²) in [5.41, 5.74) is 0.600. The molecule has 16 heavy (non-hydrogen) atoms. The molecule has 0 atom stereocenters. The molecule has 0 saturated carbocycles. The van der Waals surface area contributed by atoms with Crippen molar-refractivity contribution in [1.82, 2.24) is 0 Å². The van der Waals surface area contributed by atoms with E-state index in [4.69, 9.17) is 10.00 Å². The van der Waals surface area contributed by atoms with Crippen molar-refractivity contribution in [3.8, 4) is 11.8 Å². The Bertz CT molecular complexity index is 545. The van der Waals surface area contributed by atoms with Gasteiger partial charge in [0.2, 0.25) is 0 Å². The number of halogens is 1. The summed E-state index contributed by atoms with van der Waals surface area (Å²) in [6, 6.07) is 13.0. The summed E-state index contributed by atoms with van der Waals surface area (Å²) in [5, 5.41) is 10.6. The zero-order valence-electron chi connectivity index (χ0n) is 8.61. The molecule has 0 saturated heterocycles. The average molecular weight is 215 g/mol. The van der Waals surface area contributed by atoms with Gasteiger partial charge in [0.05, 0.1) is 11.6 Å². The van der Waals surface area contributed by atoms with Gasteiger partial charge in [0.25, 0.3) is 0 Å². The van der Waals surface area contributed by atoms with Crippen LogP contribution in [0.15, 0.2) is 36.4 Å². The van der Waals surface area contributed by atoms with Crippen molar-refractivity contribution in [3.05, 3.63) is 42.0 Å². The van der Waals surface area contributed by atoms with E-state index in [1.165, 1.54) is 0 Å². The Morgan fingerprint density at radius 2 is 1.88 bits per heavy atom. The predicted octanol–water partition coefficient (Wildman–Crippen LogP) is 3.06. The van der Waals surface area contributed by atoms with Crippen molar-refractivity contribution in [2.24, 2.45) is 0 Å². The molecular weight excluding hydrogens is 205 g/mol. The molecule has 0 spiro atoms. The van der Waals surface area contributed by atoms with Gasteiger partial charge in [-0.3, -0.25) is 0 Å². The van der Waals surface area contributed by atoms with E-state index in [0.717, 1.165) is 10.8 Å². The summed E-state index contributed by atoms with van der Waals surface area (Å²) >= 11 is 0. The number of fused-ring (bicyclic) bond motifs is 1. The first-order valence-corrected chi connectivity index (χ1v) is 4.97. The van der Waals surface area contributed by atoms with Gasteiger partial charge in [-0.1, -0.05) is 24.3 Å². The second-order valence-corrected chi connectivity index (χ2v) is 3.31. The van der Waals surface area contributed by atoms with Crippen LogP contribution >= 0.6 is 0 Å². The maximum Gasteiger partial charge on any atom is 0.127 e. The number of nitrogens with zero attached hydrogens (tertiary/aromatic N) is 1. The van der Waals surface area contributed by atoms with Crippen LogP contribution in [-0.2, 0) is 0 Å². The second kappa shape index (κ2) is 4.63. The van der Waals surface area contributed by atoms with Crippen LogP contribution in [0.3, 0.4) is 0 Å². The lowest BCUT2D eigenvalue weighted by Gasteiger charge is -2.08. The first kappa shape index (κ1) is 10.4. The second-order valence-electron chi connectivity index (χ2n) is 3.31. The van der Waals surface area contributed by atoms with Gasteiger partial charge in [0.15, 0.2) is 0 Å². The maximum absolute atomic E-state index is 12.0. The summed E-state index contributed by atoms with van der Waals surface area (Å²) in [5.74, 6) is 0.618. The van der Waals surface area contributed by atoms with E-state index in [1.54, 1.807) is 12.1 Å². The van der Waals surface area contributed by atoms with Crippen molar-refractivity contribution >= 4 is 10.8 Å². The minimum Gasteiger partial charge on any atom is -0.490 e. The van der Waals surface area contributed by atoms with Crippen LogP contribution in [0.2, 0.25) is 0 Å². The number of hydrogen-bond acceptors (Lipinski definition) is 2. The van der Waals surface area contributed by atoms with Gasteiger partial charge < -0.3 is 4.74 Å². The lowest BCUT2D eigenvalue weighted by molar-refractivity contribution is 0.276. The third kappa shape index (κ3) is 1.82. The molecule has 0 heterocycles. The Morgan fingerprint density at radius 3 is 2.56 bits per heavy atom. The average Bonchev–Trinajstić information content (AvgIpc) is 2.36. The van der Waals surface area contributed by atoms with Gasteiger partial charge in [-0.15, -0.1) is 0 Å². The van der Waals surface area contributed by atoms with E-state index >= 15 is 0 Å². The highest BCUT2D eigenvalue weighted by Crippen LogP contribution is 2.28. The zero-order valence-corrected chi connectivity index (χ0v) is 8.61. The van der Waals surface area contributed by atoms with Gasteiger partial charge in [-0.05, 0) is 12.1 Å². The summed E-state index contributed by atoms with van der Waals surface area (Å²) in [6.07, 6.45) is 0. The van der Waals surface area contributed by atoms with E-state index < -0.39 is 6.67 Å². The molecule has 0 unspecified atom stereocenters. The van der Waals surface area contributed by atoms with Crippen LogP contribution in [0.5, 0.6) is 5.75 Å². The molecule has 0 N–H and O–H groups in total. The summed E-state index contributed by atoms with van der Waals surface area (Å²) in [6.45, 7) is -0.482. The van der Waals surface area contributed by atoms with Gasteiger partial charge in [-0.25, -0.2) is 4.39 Å². The third-order valence-electron chi connectivity index (χ3n) is 2.34. The number of nitriles is 1. The Balaban J connectivity index is 2.57. The molecule has 2 aromatic rings. The van der Waals surface area contributed by atoms with Crippen LogP contribution < -0.4 is 4.74 Å². The summed E-state index contributed by atoms with van der Waals surface area (Å²) < 4.78 is 17.3. The molecule has 2 aromatic carbocycles. The number of ether oxygens (including phenoxy) is 1. The lowest BCUT2D eigenvalue weighted by Crippen LogP contribution is -1.99. The molecule has 0 bridgehead atoms. The van der Waals surface area contributed by atoms with Gasteiger partial charge in [0.1, 0.15) is 19.0 Å². The number of alkyl halides is 1. The maximum atomic E-state index is 12.0.